The standard InChI is InChI=1S/C21H31NO5S/c1-14-5-3-4-6-15(2)11-19(23)26-17-12-16(8-7-14)27-21(25,13-17)18-9-10-28-20(24)22-18/h3,5,11,14,16-18,25H,4,6-10,12-13H2,1-2H3,(H,22,24)/b5-3-,15-11-/t14?,16-,17?,18?,21?/m1/s1. The van der Waals surface area contributed by atoms with Crippen molar-refractivity contribution in [3.8, 4) is 0 Å². The van der Waals surface area contributed by atoms with E-state index in [2.05, 4.69) is 24.4 Å². The fraction of sp³-hybridized carbons (Fsp3) is 0.714. The van der Waals surface area contributed by atoms with Crippen molar-refractivity contribution < 1.29 is 24.2 Å². The maximum absolute atomic E-state index is 12.3. The highest BCUT2D eigenvalue weighted by Crippen LogP contribution is 2.36. The van der Waals surface area contributed by atoms with E-state index < -0.39 is 17.9 Å². The molecule has 4 unspecified atom stereocenters. The lowest BCUT2D eigenvalue weighted by Crippen LogP contribution is -2.60. The molecule has 0 aromatic heterocycles. The SMILES string of the molecule is C/C1=C/C(=O)OC2C[C@@H](CCC(C)/C=C\CC1)OC(O)(C1CCSC(=O)N1)C2. The zero-order valence-electron chi connectivity index (χ0n) is 16.7. The predicted molar refractivity (Wildman–Crippen MR) is 109 cm³/mol. The number of allylic oxidation sites excluding steroid dienone is 3. The van der Waals surface area contributed by atoms with Gasteiger partial charge in [0, 0.05) is 24.7 Å². The first-order chi connectivity index (χ1) is 13.3. The second-order valence-electron chi connectivity index (χ2n) is 8.22. The maximum atomic E-state index is 12.3. The van der Waals surface area contributed by atoms with Crippen molar-refractivity contribution in [3.63, 3.8) is 0 Å². The number of aliphatic hydroxyl groups is 1. The van der Waals surface area contributed by atoms with Crippen LogP contribution in [0.15, 0.2) is 23.8 Å². The largest absolute Gasteiger partial charge is 0.459 e. The second kappa shape index (κ2) is 9.46. The normalized spacial score (nSPS) is 41.0. The average molecular weight is 410 g/mol. The molecule has 3 heterocycles. The number of rotatable bonds is 1. The van der Waals surface area contributed by atoms with Gasteiger partial charge in [0.15, 0.2) is 5.79 Å². The minimum absolute atomic E-state index is 0.150. The highest BCUT2D eigenvalue weighted by molar-refractivity contribution is 8.13. The van der Waals surface area contributed by atoms with Gasteiger partial charge in [-0.1, -0.05) is 36.4 Å². The highest BCUT2D eigenvalue weighted by atomic mass is 32.2. The van der Waals surface area contributed by atoms with Crippen LogP contribution < -0.4 is 5.32 Å². The smallest absolute Gasteiger partial charge is 0.330 e. The number of thioether (sulfide) groups is 1. The Morgan fingerprint density at radius 1 is 1.25 bits per heavy atom. The summed E-state index contributed by atoms with van der Waals surface area (Å²) >= 11 is 1.21. The zero-order valence-corrected chi connectivity index (χ0v) is 17.5. The number of nitrogens with one attached hydrogen (secondary N) is 1. The number of hydrogen-bond acceptors (Lipinski definition) is 6. The van der Waals surface area contributed by atoms with E-state index in [1.54, 1.807) is 6.08 Å². The topological polar surface area (TPSA) is 84.9 Å². The molecule has 156 valence electrons. The predicted octanol–water partition coefficient (Wildman–Crippen LogP) is 3.69. The van der Waals surface area contributed by atoms with E-state index in [1.807, 2.05) is 6.92 Å². The molecule has 0 spiro atoms. The van der Waals surface area contributed by atoms with Crippen molar-refractivity contribution in [3.05, 3.63) is 23.8 Å². The van der Waals surface area contributed by atoms with Gasteiger partial charge in [0.25, 0.3) is 5.24 Å². The lowest BCUT2D eigenvalue weighted by Gasteiger charge is -2.46. The van der Waals surface area contributed by atoms with Gasteiger partial charge in [-0.15, -0.1) is 0 Å². The Morgan fingerprint density at radius 2 is 2.07 bits per heavy atom. The van der Waals surface area contributed by atoms with Crippen molar-refractivity contribution in [1.29, 1.82) is 0 Å². The lowest BCUT2D eigenvalue weighted by molar-refractivity contribution is -0.287. The number of esters is 1. The third-order valence-corrected chi connectivity index (χ3v) is 6.47. The van der Waals surface area contributed by atoms with Crippen LogP contribution in [-0.2, 0) is 14.3 Å². The summed E-state index contributed by atoms with van der Waals surface area (Å²) < 4.78 is 11.8. The summed E-state index contributed by atoms with van der Waals surface area (Å²) in [7, 11) is 0. The third kappa shape index (κ3) is 5.84. The third-order valence-electron chi connectivity index (χ3n) is 5.65. The van der Waals surface area contributed by atoms with Crippen LogP contribution in [0.2, 0.25) is 0 Å². The van der Waals surface area contributed by atoms with Crippen LogP contribution in [0.5, 0.6) is 0 Å². The number of fused-ring (bicyclic) bond motifs is 2. The number of amides is 1. The van der Waals surface area contributed by atoms with Crippen molar-refractivity contribution in [1.82, 2.24) is 5.32 Å². The fourth-order valence-electron chi connectivity index (χ4n) is 4.10. The van der Waals surface area contributed by atoms with E-state index in [-0.39, 0.29) is 23.7 Å². The molecule has 0 aliphatic carbocycles. The van der Waals surface area contributed by atoms with Crippen molar-refractivity contribution in [2.45, 2.75) is 82.8 Å². The lowest BCUT2D eigenvalue weighted by atomic mass is 9.89. The number of ether oxygens (including phenoxy) is 2. The molecule has 0 radical (unpaired) electrons. The Balaban J connectivity index is 1.79. The van der Waals surface area contributed by atoms with Gasteiger partial charge in [-0.2, -0.15) is 0 Å². The molecule has 3 aliphatic heterocycles. The zero-order chi connectivity index (χ0) is 20.1. The molecule has 7 heteroatoms. The molecule has 6 nitrogen and oxygen atoms in total. The summed E-state index contributed by atoms with van der Waals surface area (Å²) in [6.45, 7) is 4.11. The quantitative estimate of drug-likeness (QED) is 0.507. The summed E-state index contributed by atoms with van der Waals surface area (Å²) in [5.41, 5.74) is 0.981. The molecular weight excluding hydrogens is 378 g/mol. The Morgan fingerprint density at radius 3 is 2.86 bits per heavy atom. The summed E-state index contributed by atoms with van der Waals surface area (Å²) in [5, 5.41) is 13.9. The molecule has 28 heavy (non-hydrogen) atoms. The Labute approximate surface area is 171 Å². The van der Waals surface area contributed by atoms with Gasteiger partial charge in [-0.25, -0.2) is 4.79 Å². The Bertz CT molecular complexity index is 649. The number of carbonyl (C=O) groups is 2. The summed E-state index contributed by atoms with van der Waals surface area (Å²) in [4.78, 5) is 24.1. The van der Waals surface area contributed by atoms with Crippen LogP contribution in [0.1, 0.15) is 58.8 Å². The van der Waals surface area contributed by atoms with Crippen molar-refractivity contribution >= 4 is 23.0 Å². The van der Waals surface area contributed by atoms with Gasteiger partial charge in [0.1, 0.15) is 6.10 Å². The van der Waals surface area contributed by atoms with Crippen molar-refractivity contribution in [2.75, 3.05) is 5.75 Å². The first-order valence-electron chi connectivity index (χ1n) is 10.2. The average Bonchev–Trinajstić information content (AvgIpc) is 2.62. The molecule has 0 aromatic carbocycles. The Hall–Kier alpha value is -1.31. The van der Waals surface area contributed by atoms with E-state index in [1.165, 1.54) is 11.8 Å². The van der Waals surface area contributed by atoms with Crippen LogP contribution in [0.4, 0.5) is 4.79 Å². The minimum atomic E-state index is -1.51. The van der Waals surface area contributed by atoms with Crippen molar-refractivity contribution in [2.24, 2.45) is 5.92 Å². The minimum Gasteiger partial charge on any atom is -0.459 e. The molecule has 5 atom stereocenters. The molecule has 0 aromatic rings. The van der Waals surface area contributed by atoms with E-state index in [9.17, 15) is 14.7 Å². The Kier molecular flexibility index (Phi) is 7.23. The van der Waals surface area contributed by atoms with E-state index in [0.29, 0.717) is 24.5 Å². The number of hydrogen-bond donors (Lipinski definition) is 2. The van der Waals surface area contributed by atoms with Crippen LogP contribution in [0, 0.1) is 5.92 Å². The fourth-order valence-corrected chi connectivity index (χ4v) is 4.86. The van der Waals surface area contributed by atoms with Crippen LogP contribution in [0.25, 0.3) is 0 Å². The molecule has 0 saturated carbocycles. The summed E-state index contributed by atoms with van der Waals surface area (Å²) in [6, 6.07) is -0.487. The maximum Gasteiger partial charge on any atom is 0.330 e. The first-order valence-corrected chi connectivity index (χ1v) is 11.2. The first kappa shape index (κ1) is 21.4. The van der Waals surface area contributed by atoms with E-state index in [4.69, 9.17) is 9.47 Å². The van der Waals surface area contributed by atoms with Gasteiger partial charge >= 0.3 is 5.97 Å². The molecule has 3 aliphatic rings. The van der Waals surface area contributed by atoms with Gasteiger partial charge in [-0.3, -0.25) is 4.79 Å². The monoisotopic (exact) mass is 409 g/mol. The molecular formula is C21H31NO5S. The molecule has 2 N–H and O–H groups in total. The summed E-state index contributed by atoms with van der Waals surface area (Å²) in [6.07, 6.45) is 10.1. The van der Waals surface area contributed by atoms with Crippen LogP contribution in [0.3, 0.4) is 0 Å². The second-order valence-corrected chi connectivity index (χ2v) is 9.28. The van der Waals surface area contributed by atoms with Crippen LogP contribution in [-0.4, -0.2) is 46.1 Å². The molecule has 1 amide bonds. The molecule has 2 saturated heterocycles. The number of carbonyl (C=O) groups excluding carboxylic acids is 2. The molecule has 2 bridgehead atoms. The molecule has 3 rings (SSSR count). The van der Waals surface area contributed by atoms with Crippen LogP contribution >= 0.6 is 11.8 Å². The van der Waals surface area contributed by atoms with E-state index >= 15 is 0 Å². The van der Waals surface area contributed by atoms with Gasteiger partial charge in [0.05, 0.1) is 12.1 Å². The molecule has 2 fully saturated rings. The van der Waals surface area contributed by atoms with Gasteiger partial charge in [0.2, 0.25) is 0 Å². The van der Waals surface area contributed by atoms with Gasteiger partial charge in [-0.05, 0) is 44.9 Å². The van der Waals surface area contributed by atoms with E-state index in [0.717, 1.165) is 31.3 Å². The van der Waals surface area contributed by atoms with Gasteiger partial charge < -0.3 is 19.9 Å². The highest BCUT2D eigenvalue weighted by Gasteiger charge is 2.48. The summed E-state index contributed by atoms with van der Waals surface area (Å²) in [5.74, 6) is -0.832.